The van der Waals surface area contributed by atoms with Gasteiger partial charge in [-0.2, -0.15) is 0 Å². The Morgan fingerprint density at radius 3 is 2.95 bits per heavy atom. The van der Waals surface area contributed by atoms with Crippen LogP contribution in [0.25, 0.3) is 0 Å². The first kappa shape index (κ1) is 13.4. The summed E-state index contributed by atoms with van der Waals surface area (Å²) in [5.74, 6) is 2.78. The Morgan fingerprint density at radius 2 is 2.24 bits per heavy atom. The van der Waals surface area contributed by atoms with Gasteiger partial charge in [-0.1, -0.05) is 0 Å². The van der Waals surface area contributed by atoms with Gasteiger partial charge >= 0.3 is 0 Å². The van der Waals surface area contributed by atoms with E-state index in [1.54, 1.807) is 18.1 Å². The molecule has 2 bridgehead atoms. The van der Waals surface area contributed by atoms with Gasteiger partial charge in [0, 0.05) is 12.6 Å². The molecule has 2 N–H and O–H groups in total. The fourth-order valence-electron chi connectivity index (χ4n) is 3.94. The topological polar surface area (TPSA) is 53.1 Å². The number of anilines is 1. The third-order valence-electron chi connectivity index (χ3n) is 5.04. The number of thioether (sulfide) groups is 1. The lowest BCUT2D eigenvalue weighted by atomic mass is 9.72. The molecule has 4 aliphatic heterocycles. The highest BCUT2D eigenvalue weighted by molar-refractivity contribution is 7.98. The molecule has 4 aliphatic rings. The van der Waals surface area contributed by atoms with Gasteiger partial charge in [-0.3, -0.25) is 0 Å². The minimum Gasteiger partial charge on any atom is -0.365 e. The minimum absolute atomic E-state index is 0.258. The van der Waals surface area contributed by atoms with E-state index < -0.39 is 0 Å². The van der Waals surface area contributed by atoms with Gasteiger partial charge in [-0.05, 0) is 50.6 Å². The molecule has 21 heavy (non-hydrogen) atoms. The Kier molecular flexibility index (Phi) is 3.30. The summed E-state index contributed by atoms with van der Waals surface area (Å²) >= 11 is 1.63. The second kappa shape index (κ2) is 5.18. The molecule has 5 heterocycles. The predicted molar refractivity (Wildman–Crippen MR) is 85.2 cm³/mol. The lowest BCUT2D eigenvalue weighted by Crippen LogP contribution is -2.64. The molecule has 0 aliphatic carbocycles. The number of aromatic nitrogens is 2. The number of fused-ring (bicyclic) bond motifs is 2. The standard InChI is InChI=1S/C15H21N5S/c1-21-14-8-13(16-10-17-14)18-12-2-5-15(19-12)9-20-6-3-11(15)4-7-20/h2,8,10-11,19H,3-7,9H2,1H3,(H,16,17,18)/t15-/m0/s1. The first-order valence-corrected chi connectivity index (χ1v) is 8.84. The second-order valence-electron chi connectivity index (χ2n) is 6.22. The van der Waals surface area contributed by atoms with E-state index in [4.69, 9.17) is 0 Å². The van der Waals surface area contributed by atoms with Gasteiger partial charge in [0.05, 0.1) is 5.54 Å². The van der Waals surface area contributed by atoms with Crippen LogP contribution in [-0.2, 0) is 0 Å². The molecule has 0 radical (unpaired) electrons. The van der Waals surface area contributed by atoms with Crippen molar-refractivity contribution in [2.24, 2.45) is 5.92 Å². The van der Waals surface area contributed by atoms with Crippen molar-refractivity contribution in [2.45, 2.75) is 29.8 Å². The van der Waals surface area contributed by atoms with Crippen molar-refractivity contribution in [3.05, 3.63) is 24.3 Å². The first-order chi connectivity index (χ1) is 10.3. The average Bonchev–Trinajstić information content (AvgIpc) is 2.91. The highest BCUT2D eigenvalue weighted by Gasteiger charge is 2.48. The zero-order valence-corrected chi connectivity index (χ0v) is 13.1. The maximum atomic E-state index is 4.31. The van der Waals surface area contributed by atoms with Gasteiger partial charge in [-0.25, -0.2) is 9.97 Å². The monoisotopic (exact) mass is 303 g/mol. The van der Waals surface area contributed by atoms with Crippen LogP contribution in [0.15, 0.2) is 29.3 Å². The van der Waals surface area contributed by atoms with Crippen molar-refractivity contribution in [1.82, 2.24) is 20.2 Å². The maximum Gasteiger partial charge on any atom is 0.135 e. The van der Waals surface area contributed by atoms with Gasteiger partial charge in [0.2, 0.25) is 0 Å². The fraction of sp³-hybridized carbons (Fsp3) is 0.600. The molecule has 6 heteroatoms. The van der Waals surface area contributed by atoms with E-state index in [1.807, 2.05) is 12.3 Å². The van der Waals surface area contributed by atoms with Gasteiger partial charge in [0.15, 0.2) is 0 Å². The molecule has 0 unspecified atom stereocenters. The number of piperidine rings is 3. The van der Waals surface area contributed by atoms with E-state index in [2.05, 4.69) is 31.6 Å². The molecule has 3 fully saturated rings. The summed E-state index contributed by atoms with van der Waals surface area (Å²) in [6.07, 6.45) is 9.73. The van der Waals surface area contributed by atoms with E-state index in [9.17, 15) is 0 Å². The van der Waals surface area contributed by atoms with Crippen LogP contribution in [0, 0.1) is 5.92 Å². The molecule has 1 aromatic heterocycles. The third-order valence-corrected chi connectivity index (χ3v) is 5.68. The Morgan fingerprint density at radius 1 is 1.38 bits per heavy atom. The van der Waals surface area contributed by atoms with Crippen LogP contribution < -0.4 is 10.6 Å². The number of hydrogen-bond acceptors (Lipinski definition) is 6. The van der Waals surface area contributed by atoms with E-state index in [-0.39, 0.29) is 5.54 Å². The molecule has 112 valence electrons. The smallest absolute Gasteiger partial charge is 0.135 e. The molecule has 1 spiro atoms. The molecule has 0 amide bonds. The van der Waals surface area contributed by atoms with E-state index in [0.29, 0.717) is 0 Å². The van der Waals surface area contributed by atoms with Crippen LogP contribution in [0.4, 0.5) is 5.82 Å². The summed E-state index contributed by atoms with van der Waals surface area (Å²) in [4.78, 5) is 11.1. The van der Waals surface area contributed by atoms with Crippen molar-refractivity contribution in [3.63, 3.8) is 0 Å². The van der Waals surface area contributed by atoms with Crippen LogP contribution in [-0.4, -0.2) is 46.3 Å². The third kappa shape index (κ3) is 2.40. The Bertz CT molecular complexity index is 567. The van der Waals surface area contributed by atoms with Gasteiger partial charge in [-0.15, -0.1) is 11.8 Å². The number of hydrogen-bond donors (Lipinski definition) is 2. The maximum absolute atomic E-state index is 4.31. The summed E-state index contributed by atoms with van der Waals surface area (Å²) in [5, 5.41) is 8.17. The zero-order chi connectivity index (χ0) is 14.3. The highest BCUT2D eigenvalue weighted by Crippen LogP contribution is 2.41. The van der Waals surface area contributed by atoms with E-state index >= 15 is 0 Å². The van der Waals surface area contributed by atoms with Gasteiger partial charge in [0.1, 0.15) is 23.0 Å². The van der Waals surface area contributed by atoms with Crippen LogP contribution in [0.3, 0.4) is 0 Å². The number of rotatable bonds is 3. The van der Waals surface area contributed by atoms with Gasteiger partial charge in [0.25, 0.3) is 0 Å². The Balaban J connectivity index is 1.46. The molecular weight excluding hydrogens is 282 g/mol. The minimum atomic E-state index is 0.258. The van der Waals surface area contributed by atoms with Crippen molar-refractivity contribution in [1.29, 1.82) is 0 Å². The Labute approximate surface area is 129 Å². The predicted octanol–water partition coefficient (Wildman–Crippen LogP) is 1.91. The van der Waals surface area contributed by atoms with E-state index in [1.165, 1.54) is 32.5 Å². The van der Waals surface area contributed by atoms with E-state index in [0.717, 1.165) is 29.0 Å². The molecule has 1 atom stereocenters. The molecular formula is C15H21N5S. The number of nitrogens with zero attached hydrogens (tertiary/aromatic N) is 3. The Hall–Kier alpha value is -1.27. The molecule has 1 aromatic rings. The fourth-order valence-corrected chi connectivity index (χ4v) is 4.32. The SMILES string of the molecule is CSc1cc(NC2=CC[C@@]3(CN4CCC3CC4)N2)ncn1. The summed E-state index contributed by atoms with van der Waals surface area (Å²) in [6.45, 7) is 3.74. The van der Waals surface area contributed by atoms with Crippen LogP contribution >= 0.6 is 11.8 Å². The highest BCUT2D eigenvalue weighted by atomic mass is 32.2. The van der Waals surface area contributed by atoms with Crippen molar-refractivity contribution >= 4 is 17.6 Å². The summed E-state index contributed by atoms with van der Waals surface area (Å²) < 4.78 is 0. The normalized spacial score (nSPS) is 33.9. The van der Waals surface area contributed by atoms with Crippen LogP contribution in [0.1, 0.15) is 19.3 Å². The van der Waals surface area contributed by atoms with Crippen molar-refractivity contribution < 1.29 is 0 Å². The van der Waals surface area contributed by atoms with Crippen molar-refractivity contribution in [3.8, 4) is 0 Å². The molecule has 5 nitrogen and oxygen atoms in total. The first-order valence-electron chi connectivity index (χ1n) is 7.61. The summed E-state index contributed by atoms with van der Waals surface area (Å²) in [6, 6.07) is 1.99. The quantitative estimate of drug-likeness (QED) is 0.657. The average molecular weight is 303 g/mol. The largest absolute Gasteiger partial charge is 0.365 e. The summed E-state index contributed by atoms with van der Waals surface area (Å²) in [7, 11) is 0. The molecule has 0 saturated carbocycles. The lowest BCUT2D eigenvalue weighted by molar-refractivity contribution is 0.0189. The van der Waals surface area contributed by atoms with Crippen molar-refractivity contribution in [2.75, 3.05) is 31.2 Å². The number of nitrogens with one attached hydrogen (secondary N) is 2. The molecule has 0 aromatic carbocycles. The zero-order valence-electron chi connectivity index (χ0n) is 12.3. The van der Waals surface area contributed by atoms with Crippen LogP contribution in [0.2, 0.25) is 0 Å². The van der Waals surface area contributed by atoms with Crippen LogP contribution in [0.5, 0.6) is 0 Å². The second-order valence-corrected chi connectivity index (χ2v) is 7.05. The summed E-state index contributed by atoms with van der Waals surface area (Å²) in [5.41, 5.74) is 0.258. The molecule has 3 saturated heterocycles. The molecule has 5 rings (SSSR count). The lowest BCUT2D eigenvalue weighted by Gasteiger charge is -2.52. The van der Waals surface area contributed by atoms with Gasteiger partial charge < -0.3 is 15.5 Å².